The molecule has 2 aromatic carbocycles. The number of anilines is 1. The Labute approximate surface area is 244 Å². The summed E-state index contributed by atoms with van der Waals surface area (Å²) in [6.07, 6.45) is 21.2. The van der Waals surface area contributed by atoms with Gasteiger partial charge in [0.2, 0.25) is 5.71 Å². The fraction of sp³-hybridized carbons (Fsp3) is 0.432. The van der Waals surface area contributed by atoms with Gasteiger partial charge in [0.05, 0.1) is 6.61 Å². The minimum Gasteiger partial charge on any atom is -0.494 e. The average Bonchev–Trinajstić information content (AvgIpc) is 3.00. The molecule has 1 aliphatic rings. The SMILES string of the molecule is C=C[N+](CC)=C1C=CC(=C(c2ccc(OCCCCCCCCCC)cc2)c2ccc(N(CC)CC)cc2)C=C1. The molecule has 0 amide bonds. The van der Waals surface area contributed by atoms with E-state index in [1.54, 1.807) is 0 Å². The summed E-state index contributed by atoms with van der Waals surface area (Å²) in [5.41, 5.74) is 7.26. The van der Waals surface area contributed by atoms with Crippen LogP contribution >= 0.6 is 0 Å². The van der Waals surface area contributed by atoms with Crippen LogP contribution in [0.1, 0.15) is 90.2 Å². The van der Waals surface area contributed by atoms with Gasteiger partial charge >= 0.3 is 0 Å². The van der Waals surface area contributed by atoms with Gasteiger partial charge in [-0.2, -0.15) is 4.58 Å². The topological polar surface area (TPSA) is 15.5 Å². The lowest BCUT2D eigenvalue weighted by Crippen LogP contribution is -2.21. The number of ether oxygens (including phenoxy) is 1. The molecule has 0 unspecified atom stereocenters. The Morgan fingerprint density at radius 1 is 0.725 bits per heavy atom. The number of benzene rings is 2. The molecule has 1 aliphatic carbocycles. The Morgan fingerprint density at radius 3 is 1.80 bits per heavy atom. The Hall–Kier alpha value is -3.33. The van der Waals surface area contributed by atoms with Crippen LogP contribution in [0.15, 0.2) is 91.2 Å². The fourth-order valence-electron chi connectivity index (χ4n) is 5.31. The highest BCUT2D eigenvalue weighted by atomic mass is 16.5. The van der Waals surface area contributed by atoms with E-state index < -0.39 is 0 Å². The first-order chi connectivity index (χ1) is 19.6. The maximum absolute atomic E-state index is 6.10. The molecule has 0 aromatic heterocycles. The Balaban J connectivity index is 1.76. The summed E-state index contributed by atoms with van der Waals surface area (Å²) in [6.45, 7) is 16.5. The van der Waals surface area contributed by atoms with Gasteiger partial charge in [0, 0.05) is 30.9 Å². The van der Waals surface area contributed by atoms with Crippen molar-refractivity contribution in [2.24, 2.45) is 0 Å². The van der Waals surface area contributed by atoms with Gasteiger partial charge < -0.3 is 9.64 Å². The largest absolute Gasteiger partial charge is 0.494 e. The second-order valence-electron chi connectivity index (χ2n) is 10.5. The molecule has 0 aliphatic heterocycles. The molecular formula is C37H51N2O+. The molecular weight excluding hydrogens is 488 g/mol. The molecule has 3 heteroatoms. The second kappa shape index (κ2) is 17.4. The normalized spacial score (nSPS) is 12.5. The highest BCUT2D eigenvalue weighted by Crippen LogP contribution is 2.32. The van der Waals surface area contributed by atoms with Crippen molar-refractivity contribution >= 4 is 17.0 Å². The van der Waals surface area contributed by atoms with Gasteiger partial charge in [0.25, 0.3) is 0 Å². The van der Waals surface area contributed by atoms with Crippen molar-refractivity contribution in [1.82, 2.24) is 0 Å². The number of rotatable bonds is 17. The molecule has 0 saturated heterocycles. The molecule has 0 spiro atoms. The summed E-state index contributed by atoms with van der Waals surface area (Å²) in [7, 11) is 0. The quantitative estimate of drug-likeness (QED) is 0.147. The van der Waals surface area contributed by atoms with Crippen molar-refractivity contribution in [2.45, 2.75) is 79.1 Å². The van der Waals surface area contributed by atoms with E-state index in [0.29, 0.717) is 0 Å². The third kappa shape index (κ3) is 9.11. The molecule has 0 fully saturated rings. The zero-order valence-corrected chi connectivity index (χ0v) is 25.5. The van der Waals surface area contributed by atoms with E-state index in [9.17, 15) is 0 Å². The standard InChI is InChI=1S/C37H51N2O/c1-6-11-12-13-14-15-16-17-30-40-36-28-22-33(23-29-36)37(31-18-24-34(25-19-31)38(7-2)8-3)32-20-26-35(27-21-32)39(9-4)10-5/h7,18-29H,2,6,8-17,30H2,1,3-5H3/q+1. The predicted octanol–water partition coefficient (Wildman–Crippen LogP) is 9.60. The van der Waals surface area contributed by atoms with Crippen molar-refractivity contribution in [3.05, 3.63) is 102 Å². The van der Waals surface area contributed by atoms with Gasteiger partial charge in [-0.3, -0.25) is 0 Å². The molecule has 0 radical (unpaired) electrons. The summed E-state index contributed by atoms with van der Waals surface area (Å²) in [5.74, 6) is 0.947. The molecule has 0 heterocycles. The minimum atomic E-state index is 0.788. The van der Waals surface area contributed by atoms with Gasteiger partial charge in [0.15, 0.2) is 6.20 Å². The van der Waals surface area contributed by atoms with Gasteiger partial charge in [-0.15, -0.1) is 0 Å². The molecule has 40 heavy (non-hydrogen) atoms. The molecule has 3 rings (SSSR count). The van der Waals surface area contributed by atoms with Crippen molar-refractivity contribution in [3.8, 4) is 5.75 Å². The van der Waals surface area contributed by atoms with E-state index in [4.69, 9.17) is 4.74 Å². The fourth-order valence-corrected chi connectivity index (χ4v) is 5.31. The highest BCUT2D eigenvalue weighted by Gasteiger charge is 2.15. The van der Waals surface area contributed by atoms with Crippen molar-refractivity contribution in [3.63, 3.8) is 0 Å². The molecule has 214 valence electrons. The Morgan fingerprint density at radius 2 is 1.27 bits per heavy atom. The van der Waals surface area contributed by atoms with E-state index in [-0.39, 0.29) is 0 Å². The number of nitrogens with zero attached hydrogens (tertiary/aromatic N) is 2. The smallest absolute Gasteiger partial charge is 0.205 e. The number of unbranched alkanes of at least 4 members (excludes halogenated alkanes) is 7. The summed E-state index contributed by atoms with van der Waals surface area (Å²) in [6, 6.07) is 17.6. The van der Waals surface area contributed by atoms with Gasteiger partial charge in [-0.1, -0.05) is 76.1 Å². The molecule has 0 bridgehead atoms. The predicted molar refractivity (Wildman–Crippen MR) is 175 cm³/mol. The average molecular weight is 540 g/mol. The first kappa shape index (κ1) is 31.2. The molecule has 0 N–H and O–H groups in total. The zero-order chi connectivity index (χ0) is 28.6. The van der Waals surface area contributed by atoms with Crippen LogP contribution in [0.3, 0.4) is 0 Å². The lowest BCUT2D eigenvalue weighted by atomic mass is 9.90. The van der Waals surface area contributed by atoms with Gasteiger partial charge in [-0.05, 0) is 92.5 Å². The molecule has 2 aromatic rings. The van der Waals surface area contributed by atoms with E-state index >= 15 is 0 Å². The van der Waals surface area contributed by atoms with Crippen LogP contribution in [0.5, 0.6) is 5.75 Å². The first-order valence-electron chi connectivity index (χ1n) is 15.6. The lowest BCUT2D eigenvalue weighted by Gasteiger charge is -2.22. The third-order valence-electron chi connectivity index (χ3n) is 7.74. The highest BCUT2D eigenvalue weighted by molar-refractivity contribution is 6.04. The van der Waals surface area contributed by atoms with Crippen LogP contribution in [0.25, 0.3) is 5.57 Å². The van der Waals surface area contributed by atoms with Gasteiger partial charge in [-0.25, -0.2) is 0 Å². The maximum atomic E-state index is 6.10. The van der Waals surface area contributed by atoms with Crippen molar-refractivity contribution in [1.29, 1.82) is 0 Å². The molecule has 0 saturated carbocycles. The summed E-state index contributed by atoms with van der Waals surface area (Å²) in [4.78, 5) is 2.38. The van der Waals surface area contributed by atoms with E-state index in [2.05, 4.69) is 117 Å². The summed E-state index contributed by atoms with van der Waals surface area (Å²) in [5, 5.41) is 0. The van der Waals surface area contributed by atoms with Crippen molar-refractivity contribution in [2.75, 3.05) is 31.1 Å². The summed E-state index contributed by atoms with van der Waals surface area (Å²) < 4.78 is 8.25. The molecule has 3 nitrogen and oxygen atoms in total. The minimum absolute atomic E-state index is 0.788. The van der Waals surface area contributed by atoms with Crippen LogP contribution in [0, 0.1) is 0 Å². The number of allylic oxidation sites excluding steroid dienone is 5. The van der Waals surface area contributed by atoms with E-state index in [0.717, 1.165) is 44.1 Å². The second-order valence-corrected chi connectivity index (χ2v) is 10.5. The zero-order valence-electron chi connectivity index (χ0n) is 25.5. The summed E-state index contributed by atoms with van der Waals surface area (Å²) >= 11 is 0. The third-order valence-corrected chi connectivity index (χ3v) is 7.74. The lowest BCUT2D eigenvalue weighted by molar-refractivity contribution is -0.450. The van der Waals surface area contributed by atoms with Crippen LogP contribution in [0.4, 0.5) is 5.69 Å². The Bertz CT molecular complexity index is 1140. The van der Waals surface area contributed by atoms with Crippen LogP contribution < -0.4 is 9.64 Å². The van der Waals surface area contributed by atoms with E-state index in [1.807, 2.05) is 6.20 Å². The van der Waals surface area contributed by atoms with Crippen LogP contribution in [-0.4, -0.2) is 36.5 Å². The monoisotopic (exact) mass is 539 g/mol. The molecule has 0 atom stereocenters. The van der Waals surface area contributed by atoms with E-state index in [1.165, 1.54) is 72.9 Å². The van der Waals surface area contributed by atoms with Crippen molar-refractivity contribution < 1.29 is 9.31 Å². The van der Waals surface area contributed by atoms with Gasteiger partial charge in [0.1, 0.15) is 12.3 Å². The van der Waals surface area contributed by atoms with Crippen LogP contribution in [-0.2, 0) is 0 Å². The maximum Gasteiger partial charge on any atom is 0.205 e. The number of hydrogen-bond acceptors (Lipinski definition) is 2. The first-order valence-corrected chi connectivity index (χ1v) is 15.6. The van der Waals surface area contributed by atoms with Crippen LogP contribution in [0.2, 0.25) is 0 Å². The number of hydrogen-bond donors (Lipinski definition) is 0. The Kier molecular flexibility index (Phi) is 13.6.